The molecule has 3 heteroatoms. The van der Waals surface area contributed by atoms with Crippen LogP contribution in [0.15, 0.2) is 18.2 Å². The number of halogens is 1. The molecule has 1 heterocycles. The summed E-state index contributed by atoms with van der Waals surface area (Å²) >= 11 is 6.06. The van der Waals surface area contributed by atoms with Gasteiger partial charge in [0.1, 0.15) is 0 Å². The molecule has 1 aromatic rings. The monoisotopic (exact) mass is 278 g/mol. The zero-order chi connectivity index (χ0) is 13.2. The van der Waals surface area contributed by atoms with Crippen LogP contribution in [0.1, 0.15) is 43.4 Å². The average molecular weight is 279 g/mol. The second kappa shape index (κ2) is 5.82. The molecule has 0 bridgehead atoms. The summed E-state index contributed by atoms with van der Waals surface area (Å²) < 4.78 is 0. The molecule has 104 valence electrons. The highest BCUT2D eigenvalue weighted by atomic mass is 35.5. The van der Waals surface area contributed by atoms with E-state index in [0.29, 0.717) is 6.04 Å². The number of nitrogens with one attached hydrogen (secondary N) is 1. The van der Waals surface area contributed by atoms with Crippen LogP contribution in [0.2, 0.25) is 5.02 Å². The van der Waals surface area contributed by atoms with Crippen LogP contribution in [0.4, 0.5) is 0 Å². The molecule has 2 atom stereocenters. The SMILES string of the molecule is CCN1CCCC1CNC1CCc2cc(Cl)ccc21. The third-order valence-electron chi connectivity index (χ3n) is 4.69. The Morgan fingerprint density at radius 2 is 2.26 bits per heavy atom. The van der Waals surface area contributed by atoms with E-state index in [1.165, 1.54) is 43.5 Å². The van der Waals surface area contributed by atoms with Crippen LogP contribution < -0.4 is 5.32 Å². The van der Waals surface area contributed by atoms with Crippen LogP contribution >= 0.6 is 11.6 Å². The van der Waals surface area contributed by atoms with Gasteiger partial charge in [-0.3, -0.25) is 4.90 Å². The van der Waals surface area contributed by atoms with E-state index in [0.717, 1.165) is 24.0 Å². The van der Waals surface area contributed by atoms with Crippen molar-refractivity contribution in [3.63, 3.8) is 0 Å². The molecule has 1 aliphatic heterocycles. The molecule has 3 rings (SSSR count). The fourth-order valence-electron chi connectivity index (χ4n) is 3.62. The average Bonchev–Trinajstić information content (AvgIpc) is 3.01. The van der Waals surface area contributed by atoms with Gasteiger partial charge in [0.25, 0.3) is 0 Å². The minimum absolute atomic E-state index is 0.534. The lowest BCUT2D eigenvalue weighted by atomic mass is 10.1. The standard InChI is InChI=1S/C16H23ClN2/c1-2-19-9-3-4-14(19)11-18-16-8-5-12-10-13(17)6-7-15(12)16/h6-7,10,14,16,18H,2-5,8-9,11H2,1H3. The summed E-state index contributed by atoms with van der Waals surface area (Å²) in [5.41, 5.74) is 2.90. The fourth-order valence-corrected chi connectivity index (χ4v) is 3.81. The molecule has 1 N–H and O–H groups in total. The highest BCUT2D eigenvalue weighted by Gasteiger charge is 2.26. The van der Waals surface area contributed by atoms with Gasteiger partial charge >= 0.3 is 0 Å². The van der Waals surface area contributed by atoms with E-state index < -0.39 is 0 Å². The molecule has 1 saturated heterocycles. The van der Waals surface area contributed by atoms with Gasteiger partial charge in [-0.2, -0.15) is 0 Å². The van der Waals surface area contributed by atoms with Crippen LogP contribution in [0, 0.1) is 0 Å². The summed E-state index contributed by atoms with van der Waals surface area (Å²) in [5.74, 6) is 0. The number of rotatable bonds is 4. The molecule has 1 aromatic carbocycles. The smallest absolute Gasteiger partial charge is 0.0408 e. The van der Waals surface area contributed by atoms with E-state index >= 15 is 0 Å². The minimum Gasteiger partial charge on any atom is -0.308 e. The lowest BCUT2D eigenvalue weighted by Crippen LogP contribution is -2.38. The Morgan fingerprint density at radius 3 is 3.11 bits per heavy atom. The predicted molar refractivity (Wildman–Crippen MR) is 80.8 cm³/mol. The van der Waals surface area contributed by atoms with Crippen molar-refractivity contribution in [3.05, 3.63) is 34.3 Å². The van der Waals surface area contributed by atoms with Gasteiger partial charge in [-0.1, -0.05) is 24.6 Å². The van der Waals surface area contributed by atoms with Crippen molar-refractivity contribution in [1.29, 1.82) is 0 Å². The first-order valence-corrected chi connectivity index (χ1v) is 7.91. The zero-order valence-electron chi connectivity index (χ0n) is 11.7. The number of hydrogen-bond donors (Lipinski definition) is 1. The number of benzene rings is 1. The Kier molecular flexibility index (Phi) is 4.11. The highest BCUT2D eigenvalue weighted by molar-refractivity contribution is 6.30. The van der Waals surface area contributed by atoms with Crippen LogP contribution in [0.25, 0.3) is 0 Å². The van der Waals surface area contributed by atoms with Crippen molar-refractivity contribution in [2.24, 2.45) is 0 Å². The number of nitrogens with zero attached hydrogens (tertiary/aromatic N) is 1. The van der Waals surface area contributed by atoms with Crippen molar-refractivity contribution >= 4 is 11.6 Å². The van der Waals surface area contributed by atoms with Gasteiger partial charge in [0, 0.05) is 23.7 Å². The Balaban J connectivity index is 1.61. The molecule has 0 spiro atoms. The second-order valence-corrected chi connectivity index (χ2v) is 6.20. The van der Waals surface area contributed by atoms with E-state index in [4.69, 9.17) is 11.6 Å². The molecule has 19 heavy (non-hydrogen) atoms. The molecule has 2 aliphatic rings. The molecule has 0 saturated carbocycles. The summed E-state index contributed by atoms with van der Waals surface area (Å²) in [5, 5.41) is 4.65. The topological polar surface area (TPSA) is 15.3 Å². The minimum atomic E-state index is 0.534. The third-order valence-corrected chi connectivity index (χ3v) is 4.92. The predicted octanol–water partition coefficient (Wildman–Crippen LogP) is 3.40. The van der Waals surface area contributed by atoms with Crippen LogP contribution in [-0.2, 0) is 6.42 Å². The first-order valence-electron chi connectivity index (χ1n) is 7.53. The number of likely N-dealkylation sites (tertiary alicyclic amines) is 1. The Bertz CT molecular complexity index is 446. The molecule has 2 unspecified atom stereocenters. The molecule has 0 radical (unpaired) electrons. The van der Waals surface area contributed by atoms with E-state index in [-0.39, 0.29) is 0 Å². The first kappa shape index (κ1) is 13.4. The van der Waals surface area contributed by atoms with Crippen molar-refractivity contribution in [2.75, 3.05) is 19.6 Å². The first-order chi connectivity index (χ1) is 9.28. The Morgan fingerprint density at radius 1 is 1.37 bits per heavy atom. The summed E-state index contributed by atoms with van der Waals surface area (Å²) in [7, 11) is 0. The van der Waals surface area contributed by atoms with Crippen LogP contribution in [-0.4, -0.2) is 30.6 Å². The fraction of sp³-hybridized carbons (Fsp3) is 0.625. The van der Waals surface area contributed by atoms with Crippen molar-refractivity contribution in [3.8, 4) is 0 Å². The summed E-state index contributed by atoms with van der Waals surface area (Å²) in [6.07, 6.45) is 5.09. The molecule has 2 nitrogen and oxygen atoms in total. The van der Waals surface area contributed by atoms with Gasteiger partial charge in [0.05, 0.1) is 0 Å². The third kappa shape index (κ3) is 2.81. The van der Waals surface area contributed by atoms with Crippen LogP contribution in [0.3, 0.4) is 0 Å². The van der Waals surface area contributed by atoms with Gasteiger partial charge in [-0.25, -0.2) is 0 Å². The zero-order valence-corrected chi connectivity index (χ0v) is 12.4. The summed E-state index contributed by atoms with van der Waals surface area (Å²) in [6, 6.07) is 7.63. The van der Waals surface area contributed by atoms with Gasteiger partial charge < -0.3 is 5.32 Å². The van der Waals surface area contributed by atoms with Crippen molar-refractivity contribution in [2.45, 2.75) is 44.7 Å². The van der Waals surface area contributed by atoms with E-state index in [2.05, 4.69) is 29.3 Å². The highest BCUT2D eigenvalue weighted by Crippen LogP contribution is 2.33. The number of likely N-dealkylation sites (N-methyl/N-ethyl adjacent to an activating group) is 1. The molecule has 1 fully saturated rings. The number of fused-ring (bicyclic) bond motifs is 1. The molecular formula is C16H23ClN2. The summed E-state index contributed by atoms with van der Waals surface area (Å²) in [6.45, 7) is 5.86. The van der Waals surface area contributed by atoms with Crippen molar-refractivity contribution in [1.82, 2.24) is 10.2 Å². The molecule has 0 amide bonds. The lowest BCUT2D eigenvalue weighted by molar-refractivity contribution is 0.253. The van der Waals surface area contributed by atoms with E-state index in [1.54, 1.807) is 0 Å². The van der Waals surface area contributed by atoms with Gasteiger partial charge in [0.2, 0.25) is 0 Å². The maximum Gasteiger partial charge on any atom is 0.0408 e. The maximum absolute atomic E-state index is 6.06. The van der Waals surface area contributed by atoms with Gasteiger partial charge in [-0.05, 0) is 62.0 Å². The summed E-state index contributed by atoms with van der Waals surface area (Å²) in [4.78, 5) is 2.60. The van der Waals surface area contributed by atoms with Gasteiger partial charge in [-0.15, -0.1) is 0 Å². The maximum atomic E-state index is 6.06. The second-order valence-electron chi connectivity index (χ2n) is 5.77. The van der Waals surface area contributed by atoms with E-state index in [9.17, 15) is 0 Å². The molecule has 0 aromatic heterocycles. The van der Waals surface area contributed by atoms with Gasteiger partial charge in [0.15, 0.2) is 0 Å². The Hall–Kier alpha value is -0.570. The molecular weight excluding hydrogens is 256 g/mol. The van der Waals surface area contributed by atoms with Crippen molar-refractivity contribution < 1.29 is 0 Å². The van der Waals surface area contributed by atoms with E-state index in [1.807, 2.05) is 6.07 Å². The number of hydrogen-bond acceptors (Lipinski definition) is 2. The Labute approximate surface area is 121 Å². The number of aryl methyl sites for hydroxylation is 1. The molecule has 1 aliphatic carbocycles. The quantitative estimate of drug-likeness (QED) is 0.908. The normalized spacial score (nSPS) is 26.8. The lowest BCUT2D eigenvalue weighted by Gasteiger charge is -2.25. The largest absolute Gasteiger partial charge is 0.308 e. The van der Waals surface area contributed by atoms with Crippen LogP contribution in [0.5, 0.6) is 0 Å².